The molecule has 0 aliphatic carbocycles. The van der Waals surface area contributed by atoms with Gasteiger partial charge in [-0.1, -0.05) is 49.6 Å². The molecule has 1 aromatic carbocycles. The monoisotopic (exact) mass is 200 g/mol. The van der Waals surface area contributed by atoms with E-state index in [1.165, 1.54) is 11.1 Å². The van der Waals surface area contributed by atoms with E-state index in [9.17, 15) is 0 Å². The summed E-state index contributed by atoms with van der Waals surface area (Å²) in [6.45, 7) is 9.97. The zero-order valence-electron chi connectivity index (χ0n) is 10.4. The van der Waals surface area contributed by atoms with Crippen LogP contribution in [0.5, 0.6) is 0 Å². The van der Waals surface area contributed by atoms with E-state index in [-0.39, 0.29) is 0 Å². The Morgan fingerprint density at radius 3 is 2.40 bits per heavy atom. The van der Waals surface area contributed by atoms with Gasteiger partial charge < -0.3 is 0 Å². The fourth-order valence-corrected chi connectivity index (χ4v) is 1.25. The van der Waals surface area contributed by atoms with Crippen LogP contribution >= 0.6 is 0 Å². The molecule has 0 saturated heterocycles. The molecule has 0 aliphatic heterocycles. The predicted molar refractivity (Wildman–Crippen MR) is 69.8 cm³/mol. The Morgan fingerprint density at radius 2 is 1.87 bits per heavy atom. The van der Waals surface area contributed by atoms with Crippen molar-refractivity contribution in [2.24, 2.45) is 0 Å². The maximum absolute atomic E-state index is 3.09. The number of aryl methyl sites for hydroxylation is 1. The van der Waals surface area contributed by atoms with Crippen LogP contribution in [0.15, 0.2) is 24.3 Å². The Morgan fingerprint density at radius 1 is 1.20 bits per heavy atom. The minimum Gasteiger partial charge on any atom is -0.101 e. The number of allylic oxidation sites excluding steroid dienone is 1. The third kappa shape index (κ3) is 4.51. The fraction of sp³-hybridized carbons (Fsp3) is 0.333. The summed E-state index contributed by atoms with van der Waals surface area (Å²) in [5.41, 5.74) is 3.58. The highest BCUT2D eigenvalue weighted by Crippen LogP contribution is 2.12. The van der Waals surface area contributed by atoms with E-state index in [2.05, 4.69) is 43.0 Å². The maximum Gasteiger partial charge on any atom is 0.0317 e. The van der Waals surface area contributed by atoms with Crippen LogP contribution in [0.25, 0.3) is 6.08 Å². The minimum atomic E-state index is 1.10. The van der Waals surface area contributed by atoms with Gasteiger partial charge in [-0.15, -0.1) is 5.92 Å². The van der Waals surface area contributed by atoms with Crippen molar-refractivity contribution in [3.05, 3.63) is 41.0 Å². The third-order valence-corrected chi connectivity index (χ3v) is 1.81. The van der Waals surface area contributed by atoms with Crippen molar-refractivity contribution in [1.29, 1.82) is 0 Å². The summed E-state index contributed by atoms with van der Waals surface area (Å²) in [5, 5.41) is 0. The lowest BCUT2D eigenvalue weighted by atomic mass is 10.0. The van der Waals surface area contributed by atoms with Crippen molar-refractivity contribution < 1.29 is 0 Å². The van der Waals surface area contributed by atoms with Crippen LogP contribution in [-0.4, -0.2) is 0 Å². The molecule has 0 heterocycles. The highest BCUT2D eigenvalue weighted by Gasteiger charge is 1.95. The van der Waals surface area contributed by atoms with Crippen LogP contribution in [-0.2, 0) is 0 Å². The second-order valence-electron chi connectivity index (χ2n) is 2.97. The summed E-state index contributed by atoms with van der Waals surface area (Å²) in [6, 6.07) is 6.31. The molecule has 0 aromatic heterocycles. The largest absolute Gasteiger partial charge is 0.101 e. The molecule has 0 unspecified atom stereocenters. The van der Waals surface area contributed by atoms with Gasteiger partial charge in [0.05, 0.1) is 0 Å². The van der Waals surface area contributed by atoms with Gasteiger partial charge in [-0.3, -0.25) is 0 Å². The van der Waals surface area contributed by atoms with E-state index < -0.39 is 0 Å². The molecule has 0 amide bonds. The zero-order valence-corrected chi connectivity index (χ0v) is 10.4. The van der Waals surface area contributed by atoms with Crippen LogP contribution in [0.2, 0.25) is 0 Å². The topological polar surface area (TPSA) is 0 Å². The van der Waals surface area contributed by atoms with E-state index in [4.69, 9.17) is 0 Å². The number of hydrogen-bond acceptors (Lipinski definition) is 0. The van der Waals surface area contributed by atoms with Crippen LogP contribution < -0.4 is 0 Å². The van der Waals surface area contributed by atoms with E-state index in [0.29, 0.717) is 0 Å². The standard InChI is InChI=1S/C13H14.C2H6/c1-4-6-12-9-8-11(3)10-13(12)7-5-2;1-2/h5,7-10H,1-3H3;1-2H3/b7-5-;. The highest BCUT2D eigenvalue weighted by molar-refractivity contribution is 5.59. The van der Waals surface area contributed by atoms with Crippen molar-refractivity contribution in [1.82, 2.24) is 0 Å². The molecule has 80 valence electrons. The second-order valence-corrected chi connectivity index (χ2v) is 2.97. The lowest BCUT2D eigenvalue weighted by Crippen LogP contribution is -1.83. The van der Waals surface area contributed by atoms with Gasteiger partial charge in [0.25, 0.3) is 0 Å². The maximum atomic E-state index is 3.09. The molecule has 0 bridgehead atoms. The molecule has 0 radical (unpaired) electrons. The Bertz CT molecular complexity index is 373. The van der Waals surface area contributed by atoms with Gasteiger partial charge in [0.2, 0.25) is 0 Å². The van der Waals surface area contributed by atoms with Crippen LogP contribution in [0.4, 0.5) is 0 Å². The fourth-order valence-electron chi connectivity index (χ4n) is 1.25. The lowest BCUT2D eigenvalue weighted by Gasteiger charge is -2.00. The van der Waals surface area contributed by atoms with Crippen molar-refractivity contribution in [3.63, 3.8) is 0 Å². The minimum absolute atomic E-state index is 1.10. The first kappa shape index (κ1) is 13.5. The second kappa shape index (κ2) is 7.88. The SMILES string of the molecule is CC.CC#Cc1ccc(C)cc1/C=C\C. The smallest absolute Gasteiger partial charge is 0.0317 e. The molecule has 0 heteroatoms. The third-order valence-electron chi connectivity index (χ3n) is 1.81. The molecule has 15 heavy (non-hydrogen) atoms. The quantitative estimate of drug-likeness (QED) is 0.588. The molecule has 1 aromatic rings. The number of rotatable bonds is 1. The van der Waals surface area contributed by atoms with Gasteiger partial charge in [0.1, 0.15) is 0 Å². The van der Waals surface area contributed by atoms with E-state index in [1.54, 1.807) is 0 Å². The molecule has 0 fully saturated rings. The van der Waals surface area contributed by atoms with E-state index in [0.717, 1.165) is 5.56 Å². The molecule has 0 spiro atoms. The zero-order chi connectivity index (χ0) is 11.7. The van der Waals surface area contributed by atoms with E-state index >= 15 is 0 Å². The average Bonchev–Trinajstić information content (AvgIpc) is 2.26. The summed E-state index contributed by atoms with van der Waals surface area (Å²) in [7, 11) is 0. The molecule has 0 N–H and O–H groups in total. The van der Waals surface area contributed by atoms with Gasteiger partial charge in [0, 0.05) is 5.56 Å². The predicted octanol–water partition coefficient (Wildman–Crippen LogP) is 4.43. The molecule has 0 aliphatic rings. The normalized spacial score (nSPS) is 8.87. The van der Waals surface area contributed by atoms with Gasteiger partial charge in [-0.2, -0.15) is 0 Å². The van der Waals surface area contributed by atoms with Crippen molar-refractivity contribution in [3.8, 4) is 11.8 Å². The first-order valence-electron chi connectivity index (χ1n) is 5.44. The highest BCUT2D eigenvalue weighted by atomic mass is 14.0. The summed E-state index contributed by atoms with van der Waals surface area (Å²) >= 11 is 0. The Labute approximate surface area is 94.0 Å². The summed E-state index contributed by atoms with van der Waals surface area (Å²) in [5.74, 6) is 6.01. The van der Waals surface area contributed by atoms with Crippen molar-refractivity contribution >= 4 is 6.08 Å². The first-order chi connectivity index (χ1) is 7.27. The molecular formula is C15H20. The molecular weight excluding hydrogens is 180 g/mol. The Balaban J connectivity index is 0.000000921. The average molecular weight is 200 g/mol. The number of hydrogen-bond donors (Lipinski definition) is 0. The summed E-state index contributed by atoms with van der Waals surface area (Å²) in [6.07, 6.45) is 4.13. The van der Waals surface area contributed by atoms with Gasteiger partial charge in [0.15, 0.2) is 0 Å². The molecule has 1 rings (SSSR count). The molecule has 0 atom stereocenters. The number of benzene rings is 1. The van der Waals surface area contributed by atoms with Crippen molar-refractivity contribution in [2.75, 3.05) is 0 Å². The Kier molecular flexibility index (Phi) is 7.10. The van der Waals surface area contributed by atoms with Gasteiger partial charge in [-0.05, 0) is 32.4 Å². The molecule has 0 nitrogen and oxygen atoms in total. The van der Waals surface area contributed by atoms with Gasteiger partial charge in [-0.25, -0.2) is 0 Å². The van der Waals surface area contributed by atoms with E-state index in [1.807, 2.05) is 33.8 Å². The van der Waals surface area contributed by atoms with Crippen LogP contribution in [0, 0.1) is 18.8 Å². The van der Waals surface area contributed by atoms with Gasteiger partial charge >= 0.3 is 0 Å². The van der Waals surface area contributed by atoms with Crippen LogP contribution in [0.3, 0.4) is 0 Å². The lowest BCUT2D eigenvalue weighted by molar-refractivity contribution is 1.44. The summed E-state index contributed by atoms with van der Waals surface area (Å²) in [4.78, 5) is 0. The molecule has 0 saturated carbocycles. The Hall–Kier alpha value is -1.48. The summed E-state index contributed by atoms with van der Waals surface area (Å²) < 4.78 is 0. The first-order valence-corrected chi connectivity index (χ1v) is 5.44. The van der Waals surface area contributed by atoms with Crippen LogP contribution in [0.1, 0.15) is 44.4 Å². The van der Waals surface area contributed by atoms with Crippen molar-refractivity contribution in [2.45, 2.75) is 34.6 Å².